The highest BCUT2D eigenvalue weighted by Crippen LogP contribution is 2.28. The van der Waals surface area contributed by atoms with Gasteiger partial charge in [0.2, 0.25) is 11.8 Å². The molecule has 1 aromatic rings. The number of hydrogen-bond donors (Lipinski definition) is 1. The Balaban J connectivity index is 1.94. The monoisotopic (exact) mass is 475 g/mol. The summed E-state index contributed by atoms with van der Waals surface area (Å²) in [6, 6.07) is 4.77. The first-order chi connectivity index (χ1) is 16.2. The minimum Gasteiger partial charge on any atom is -0.491 e. The topological polar surface area (TPSA) is 97.4 Å². The molecule has 3 amide bonds. The Hall–Kier alpha value is -2.65. The second-order valence-electron chi connectivity index (χ2n) is 9.37. The van der Waals surface area contributed by atoms with Gasteiger partial charge in [-0.3, -0.25) is 14.4 Å². The van der Waals surface area contributed by atoms with Gasteiger partial charge in [-0.2, -0.15) is 0 Å². The first-order valence-electron chi connectivity index (χ1n) is 11.9. The zero-order valence-electron chi connectivity index (χ0n) is 20.8. The van der Waals surface area contributed by atoms with E-state index in [0.717, 1.165) is 0 Å². The molecule has 3 atom stereocenters. The first kappa shape index (κ1) is 26.0. The van der Waals surface area contributed by atoms with E-state index in [1.54, 1.807) is 37.3 Å². The molecule has 0 unspecified atom stereocenters. The van der Waals surface area contributed by atoms with E-state index in [1.807, 2.05) is 18.7 Å². The molecule has 1 aromatic carbocycles. The summed E-state index contributed by atoms with van der Waals surface area (Å²) in [6.07, 6.45) is 1.18. The summed E-state index contributed by atoms with van der Waals surface area (Å²) in [7, 11) is 3.36. The van der Waals surface area contributed by atoms with Crippen molar-refractivity contribution in [2.24, 2.45) is 11.8 Å². The maximum atomic E-state index is 13.5. The van der Waals surface area contributed by atoms with Crippen LogP contribution in [-0.2, 0) is 19.1 Å². The van der Waals surface area contributed by atoms with Gasteiger partial charge in [0.25, 0.3) is 5.91 Å². The van der Waals surface area contributed by atoms with E-state index in [0.29, 0.717) is 56.1 Å². The molecule has 1 N–H and O–H groups in total. The number of carbonyl (C=O) groups is 3. The van der Waals surface area contributed by atoms with E-state index in [1.165, 1.54) is 6.92 Å². The average Bonchev–Trinajstić information content (AvgIpc) is 2.82. The molecule has 1 fully saturated rings. The number of anilines is 1. The lowest BCUT2D eigenvalue weighted by molar-refractivity contribution is -0.143. The van der Waals surface area contributed by atoms with Gasteiger partial charge in [0.1, 0.15) is 12.4 Å². The number of methoxy groups -OCH3 is 1. The third-order valence-corrected chi connectivity index (χ3v) is 6.62. The summed E-state index contributed by atoms with van der Waals surface area (Å²) >= 11 is 0. The van der Waals surface area contributed by atoms with Crippen molar-refractivity contribution in [1.29, 1.82) is 0 Å². The average molecular weight is 476 g/mol. The molecule has 9 nitrogen and oxygen atoms in total. The second kappa shape index (κ2) is 11.7. The summed E-state index contributed by atoms with van der Waals surface area (Å²) in [5.74, 6) is 0.00983. The van der Waals surface area contributed by atoms with E-state index in [4.69, 9.17) is 14.2 Å². The fraction of sp³-hybridized carbons (Fsp3) is 0.640. The molecule has 0 saturated carbocycles. The quantitative estimate of drug-likeness (QED) is 0.721. The molecule has 0 spiro atoms. The third-order valence-electron chi connectivity index (χ3n) is 6.62. The van der Waals surface area contributed by atoms with Gasteiger partial charge < -0.3 is 29.3 Å². The van der Waals surface area contributed by atoms with Gasteiger partial charge in [0.15, 0.2) is 0 Å². The van der Waals surface area contributed by atoms with Crippen molar-refractivity contribution in [3.63, 3.8) is 0 Å². The van der Waals surface area contributed by atoms with E-state index >= 15 is 0 Å². The Morgan fingerprint density at radius 1 is 1.15 bits per heavy atom. The molecule has 0 radical (unpaired) electrons. The molecule has 9 heteroatoms. The van der Waals surface area contributed by atoms with E-state index < -0.39 is 0 Å². The first-order valence-corrected chi connectivity index (χ1v) is 11.9. The van der Waals surface area contributed by atoms with Crippen molar-refractivity contribution in [3.8, 4) is 5.75 Å². The fourth-order valence-corrected chi connectivity index (χ4v) is 4.54. The molecule has 0 aromatic heterocycles. The SMILES string of the molecule is CO[C@H]1CN(C)C(=O)c2ccc(NC(C)=O)cc2OC[C@H](C)N(C(=O)C2CCOCC2)C[C@H]1C. The molecule has 2 aliphatic heterocycles. The third kappa shape index (κ3) is 6.27. The Morgan fingerprint density at radius 2 is 1.85 bits per heavy atom. The number of amides is 3. The molecule has 3 rings (SSSR count). The minimum absolute atomic E-state index is 0.00697. The number of nitrogens with one attached hydrogen (secondary N) is 1. The predicted molar refractivity (Wildman–Crippen MR) is 128 cm³/mol. The van der Waals surface area contributed by atoms with Gasteiger partial charge >= 0.3 is 0 Å². The van der Waals surface area contributed by atoms with Crippen LogP contribution in [0, 0.1) is 11.8 Å². The number of nitrogens with zero attached hydrogens (tertiary/aromatic N) is 2. The molecule has 2 aliphatic rings. The fourth-order valence-electron chi connectivity index (χ4n) is 4.54. The molecule has 188 valence electrons. The number of carbonyl (C=O) groups excluding carboxylic acids is 3. The van der Waals surface area contributed by atoms with Crippen molar-refractivity contribution in [2.45, 2.75) is 45.8 Å². The van der Waals surface area contributed by atoms with Crippen LogP contribution in [-0.4, -0.2) is 86.7 Å². The van der Waals surface area contributed by atoms with Crippen molar-refractivity contribution < 1.29 is 28.6 Å². The van der Waals surface area contributed by atoms with E-state index in [-0.39, 0.29) is 48.3 Å². The lowest BCUT2D eigenvalue weighted by Crippen LogP contribution is -2.50. The Morgan fingerprint density at radius 3 is 2.50 bits per heavy atom. The lowest BCUT2D eigenvalue weighted by atomic mass is 9.95. The molecule has 0 aliphatic carbocycles. The van der Waals surface area contributed by atoms with Crippen molar-refractivity contribution >= 4 is 23.4 Å². The minimum atomic E-state index is -0.242. The summed E-state index contributed by atoms with van der Waals surface area (Å²) in [5, 5.41) is 2.73. The van der Waals surface area contributed by atoms with Gasteiger partial charge in [-0.1, -0.05) is 6.92 Å². The standard InChI is InChI=1S/C25H37N3O6/c1-16-13-28(24(30)19-8-10-33-11-9-19)17(2)15-34-22-12-20(26-18(3)29)6-7-21(22)25(31)27(4)14-23(16)32-5/h6-7,12,16-17,19,23H,8-11,13-15H2,1-5H3,(H,26,29)/t16-,17+,23+/m1/s1. The van der Waals surface area contributed by atoms with Crippen LogP contribution in [0.4, 0.5) is 5.69 Å². The zero-order chi connectivity index (χ0) is 24.8. The largest absolute Gasteiger partial charge is 0.491 e. The van der Waals surface area contributed by atoms with Crippen LogP contribution in [0.3, 0.4) is 0 Å². The van der Waals surface area contributed by atoms with Crippen LogP contribution < -0.4 is 10.1 Å². The van der Waals surface area contributed by atoms with Crippen LogP contribution in [0.5, 0.6) is 5.75 Å². The van der Waals surface area contributed by atoms with Gasteiger partial charge in [0.05, 0.1) is 17.7 Å². The van der Waals surface area contributed by atoms with Crippen LogP contribution in [0.25, 0.3) is 0 Å². The van der Waals surface area contributed by atoms with Crippen LogP contribution in [0.1, 0.15) is 44.0 Å². The Kier molecular flexibility index (Phi) is 8.90. The van der Waals surface area contributed by atoms with Crippen molar-refractivity contribution in [3.05, 3.63) is 23.8 Å². The van der Waals surface area contributed by atoms with Gasteiger partial charge in [-0.25, -0.2) is 0 Å². The number of hydrogen-bond acceptors (Lipinski definition) is 6. The van der Waals surface area contributed by atoms with Gasteiger partial charge in [-0.05, 0) is 31.9 Å². The summed E-state index contributed by atoms with van der Waals surface area (Å²) in [4.78, 5) is 41.8. The maximum Gasteiger partial charge on any atom is 0.257 e. The van der Waals surface area contributed by atoms with Gasteiger partial charge in [0, 0.05) is 71.0 Å². The number of rotatable bonds is 3. The summed E-state index contributed by atoms with van der Waals surface area (Å²) in [6.45, 7) is 7.71. The zero-order valence-corrected chi connectivity index (χ0v) is 20.8. The predicted octanol–water partition coefficient (Wildman–Crippen LogP) is 2.40. The van der Waals surface area contributed by atoms with Crippen molar-refractivity contribution in [1.82, 2.24) is 9.80 Å². The number of ether oxygens (including phenoxy) is 3. The molecular formula is C25H37N3O6. The number of benzene rings is 1. The molecule has 0 bridgehead atoms. The summed E-state index contributed by atoms with van der Waals surface area (Å²) in [5.41, 5.74) is 0.939. The molecule has 2 heterocycles. The van der Waals surface area contributed by atoms with Crippen LogP contribution in [0.15, 0.2) is 18.2 Å². The Bertz CT molecular complexity index is 885. The highest BCUT2D eigenvalue weighted by atomic mass is 16.5. The van der Waals surface area contributed by atoms with E-state index in [9.17, 15) is 14.4 Å². The van der Waals surface area contributed by atoms with Crippen LogP contribution in [0.2, 0.25) is 0 Å². The molecule has 34 heavy (non-hydrogen) atoms. The van der Waals surface area contributed by atoms with E-state index in [2.05, 4.69) is 5.32 Å². The lowest BCUT2D eigenvalue weighted by Gasteiger charge is -2.38. The molecule has 1 saturated heterocycles. The number of likely N-dealkylation sites (N-methyl/N-ethyl adjacent to an activating group) is 1. The maximum absolute atomic E-state index is 13.5. The normalized spacial score (nSPS) is 25.0. The van der Waals surface area contributed by atoms with Crippen molar-refractivity contribution in [2.75, 3.05) is 52.4 Å². The highest BCUT2D eigenvalue weighted by molar-refractivity contribution is 5.98. The van der Waals surface area contributed by atoms with Gasteiger partial charge in [-0.15, -0.1) is 0 Å². The number of fused-ring (bicyclic) bond motifs is 1. The van der Waals surface area contributed by atoms with Crippen LogP contribution >= 0.6 is 0 Å². The molecular weight excluding hydrogens is 438 g/mol. The highest BCUT2D eigenvalue weighted by Gasteiger charge is 2.33. The summed E-state index contributed by atoms with van der Waals surface area (Å²) < 4.78 is 17.3. The second-order valence-corrected chi connectivity index (χ2v) is 9.37. The Labute approximate surface area is 201 Å². The smallest absolute Gasteiger partial charge is 0.257 e.